The van der Waals surface area contributed by atoms with E-state index in [2.05, 4.69) is 35.0 Å². The van der Waals surface area contributed by atoms with E-state index in [1.165, 1.54) is 13.4 Å². The molecule has 0 spiro atoms. The number of hydrogen-bond donors (Lipinski definition) is 0. The Bertz CT molecular complexity index is 1400. The van der Waals surface area contributed by atoms with Crippen LogP contribution in [-0.4, -0.2) is 38.2 Å². The predicted molar refractivity (Wildman–Crippen MR) is 148 cm³/mol. The molecular weight excluding hydrogens is 488 g/mol. The predicted octanol–water partition coefficient (Wildman–Crippen LogP) is 6.37. The fourth-order valence-electron chi connectivity index (χ4n) is 4.40. The van der Waals surface area contributed by atoms with Gasteiger partial charge in [0, 0.05) is 50.9 Å². The van der Waals surface area contributed by atoms with Crippen LogP contribution < -0.4 is 0 Å². The van der Waals surface area contributed by atoms with Crippen LogP contribution in [0.4, 0.5) is 0 Å². The fourth-order valence-corrected chi connectivity index (χ4v) is 4.46. The molecule has 0 radical (unpaired) electrons. The maximum absolute atomic E-state index is 12.5. The molecule has 0 N–H and O–H groups in total. The zero-order chi connectivity index (χ0) is 27.5. The van der Waals surface area contributed by atoms with E-state index in [1.807, 2.05) is 40.7 Å². The highest BCUT2D eigenvalue weighted by Crippen LogP contribution is 2.38. The molecule has 0 aromatic carbocycles. The van der Waals surface area contributed by atoms with E-state index in [1.54, 1.807) is 18.5 Å². The molecule has 0 unspecified atom stereocenters. The highest BCUT2D eigenvalue weighted by molar-refractivity contribution is 6.31. The molecule has 3 aromatic heterocycles. The van der Waals surface area contributed by atoms with Crippen LogP contribution in [0, 0.1) is 20.8 Å². The second-order valence-corrected chi connectivity index (χ2v) is 10.5. The fraction of sp³-hybridized carbons (Fsp3) is 0.379. The Morgan fingerprint density at radius 2 is 1.81 bits per heavy atom. The smallest absolute Gasteiger partial charge is 0.310 e. The molecule has 0 amide bonds. The number of aryl methyl sites for hydroxylation is 2. The number of ether oxygens (including phenoxy) is 2. The molecule has 0 aliphatic rings. The average Bonchev–Trinajstić information content (AvgIpc) is 3.04. The zero-order valence-corrected chi connectivity index (χ0v) is 23.7. The molecule has 0 aliphatic carbocycles. The molecule has 3 aromatic rings. The molecule has 196 valence electrons. The summed E-state index contributed by atoms with van der Waals surface area (Å²) in [6, 6.07) is 0. The van der Waals surface area contributed by atoms with Gasteiger partial charge in [-0.1, -0.05) is 18.2 Å². The number of carbonyl (C=O) groups is 1. The number of carbonyl (C=O) groups excluding carboxylic acids is 1. The van der Waals surface area contributed by atoms with Gasteiger partial charge < -0.3 is 14.0 Å². The Kier molecular flexibility index (Phi) is 8.59. The summed E-state index contributed by atoms with van der Waals surface area (Å²) >= 11 is 6.15. The summed E-state index contributed by atoms with van der Waals surface area (Å²) in [4.78, 5) is 25.9. The van der Waals surface area contributed by atoms with Crippen LogP contribution >= 0.6 is 11.6 Å². The van der Waals surface area contributed by atoms with Crippen LogP contribution in [0.25, 0.3) is 16.6 Å². The van der Waals surface area contributed by atoms with Crippen LogP contribution in [0.3, 0.4) is 0 Å². The molecule has 7 nitrogen and oxygen atoms in total. The van der Waals surface area contributed by atoms with Crippen LogP contribution in [0.1, 0.15) is 61.3 Å². The second kappa shape index (κ2) is 11.3. The summed E-state index contributed by atoms with van der Waals surface area (Å²) in [6.45, 7) is 18.3. The maximum Gasteiger partial charge on any atom is 0.310 e. The first kappa shape index (κ1) is 28.1. The number of fused-ring (bicyclic) bond motifs is 1. The highest BCUT2D eigenvalue weighted by Gasteiger charge is 2.26. The van der Waals surface area contributed by atoms with Gasteiger partial charge in [-0.25, -0.2) is 15.0 Å². The minimum atomic E-state index is -0.435. The summed E-state index contributed by atoms with van der Waals surface area (Å²) in [5.74, 6) is 0.348. The molecule has 3 heterocycles. The van der Waals surface area contributed by atoms with Gasteiger partial charge in [-0.15, -0.1) is 0 Å². The first-order chi connectivity index (χ1) is 17.3. The van der Waals surface area contributed by atoms with Gasteiger partial charge in [0.2, 0.25) is 0 Å². The van der Waals surface area contributed by atoms with E-state index in [0.29, 0.717) is 17.3 Å². The first-order valence-corrected chi connectivity index (χ1v) is 12.4. The largest absolute Gasteiger partial charge is 0.492 e. The Morgan fingerprint density at radius 3 is 2.38 bits per heavy atom. The number of esters is 1. The van der Waals surface area contributed by atoms with Gasteiger partial charge in [0.15, 0.2) is 0 Å². The van der Waals surface area contributed by atoms with E-state index >= 15 is 0 Å². The van der Waals surface area contributed by atoms with Gasteiger partial charge in [-0.05, 0) is 71.7 Å². The van der Waals surface area contributed by atoms with E-state index in [9.17, 15) is 4.79 Å². The summed E-state index contributed by atoms with van der Waals surface area (Å²) in [5.41, 5.74) is 6.62. The Balaban J connectivity index is 2.46. The van der Waals surface area contributed by atoms with Crippen LogP contribution in [0.5, 0.6) is 0 Å². The second-order valence-electron chi connectivity index (χ2n) is 10.0. The first-order valence-electron chi connectivity index (χ1n) is 12.1. The topological polar surface area (TPSA) is 79.1 Å². The summed E-state index contributed by atoms with van der Waals surface area (Å²) < 4.78 is 13.5. The number of aromatic nitrogens is 4. The standard InChI is InChI=1S/C29H35ClN4O3/c1-17(30)10-11-23(21(5)37-29(6,7)8)27-24(12-25(35)36-9)19(3)33-28-26(27)18(2)20(4)34(28)15-22-13-31-16-32-14-22/h10-11,13-14,16H,1,12,15H2,2-9H3/b11-10-,23-21-. The average molecular weight is 523 g/mol. The van der Waals surface area contributed by atoms with Gasteiger partial charge in [-0.2, -0.15) is 0 Å². The molecule has 0 aliphatic heterocycles. The third-order valence-electron chi connectivity index (χ3n) is 6.11. The third kappa shape index (κ3) is 6.46. The van der Waals surface area contributed by atoms with Gasteiger partial charge in [0.25, 0.3) is 0 Å². The normalized spacial score (nSPS) is 12.7. The van der Waals surface area contributed by atoms with Crippen LogP contribution in [0.15, 0.2) is 48.2 Å². The lowest BCUT2D eigenvalue weighted by Gasteiger charge is -2.25. The van der Waals surface area contributed by atoms with Crippen molar-refractivity contribution in [1.82, 2.24) is 19.5 Å². The number of nitrogens with zero attached hydrogens (tertiary/aromatic N) is 4. The monoisotopic (exact) mass is 522 g/mol. The van der Waals surface area contributed by atoms with Gasteiger partial charge >= 0.3 is 5.97 Å². The number of pyridine rings is 1. The van der Waals surface area contributed by atoms with Crippen molar-refractivity contribution >= 4 is 34.2 Å². The van der Waals surface area contributed by atoms with Crippen LogP contribution in [-0.2, 0) is 27.2 Å². The van der Waals surface area contributed by atoms with Crippen molar-refractivity contribution in [2.24, 2.45) is 0 Å². The van der Waals surface area contributed by atoms with Crippen molar-refractivity contribution in [1.29, 1.82) is 0 Å². The zero-order valence-electron chi connectivity index (χ0n) is 22.9. The molecule has 0 atom stereocenters. The lowest BCUT2D eigenvalue weighted by Crippen LogP contribution is -2.19. The minimum absolute atomic E-state index is 0.0682. The molecule has 3 rings (SSSR count). The Morgan fingerprint density at radius 1 is 1.16 bits per heavy atom. The third-order valence-corrected chi connectivity index (χ3v) is 6.23. The van der Waals surface area contributed by atoms with E-state index in [-0.39, 0.29) is 12.4 Å². The summed E-state index contributed by atoms with van der Waals surface area (Å²) in [7, 11) is 1.39. The molecule has 0 saturated carbocycles. The van der Waals surface area contributed by atoms with Crippen molar-refractivity contribution < 1.29 is 14.3 Å². The number of halogens is 1. The molecule has 8 heteroatoms. The highest BCUT2D eigenvalue weighted by atomic mass is 35.5. The van der Waals surface area contributed by atoms with Crippen molar-refractivity contribution in [3.63, 3.8) is 0 Å². The van der Waals surface area contributed by atoms with E-state index < -0.39 is 5.60 Å². The van der Waals surface area contributed by atoms with Crippen molar-refractivity contribution in [2.75, 3.05) is 7.11 Å². The Hall–Kier alpha value is -3.45. The summed E-state index contributed by atoms with van der Waals surface area (Å²) in [6.07, 6.45) is 8.81. The Labute approximate surface area is 223 Å². The molecule has 0 fully saturated rings. The van der Waals surface area contributed by atoms with Gasteiger partial charge in [0.1, 0.15) is 23.3 Å². The summed E-state index contributed by atoms with van der Waals surface area (Å²) in [5, 5.41) is 1.32. The van der Waals surface area contributed by atoms with Crippen molar-refractivity contribution in [3.8, 4) is 0 Å². The number of hydrogen-bond acceptors (Lipinski definition) is 6. The number of methoxy groups -OCH3 is 1. The lowest BCUT2D eigenvalue weighted by molar-refractivity contribution is -0.139. The van der Waals surface area contributed by atoms with E-state index in [4.69, 9.17) is 26.1 Å². The van der Waals surface area contributed by atoms with E-state index in [0.717, 1.165) is 50.2 Å². The van der Waals surface area contributed by atoms with Crippen molar-refractivity contribution in [2.45, 2.75) is 67.0 Å². The van der Waals surface area contributed by atoms with Crippen molar-refractivity contribution in [3.05, 3.63) is 81.9 Å². The molecule has 37 heavy (non-hydrogen) atoms. The molecular formula is C29H35ClN4O3. The minimum Gasteiger partial charge on any atom is -0.492 e. The maximum atomic E-state index is 12.5. The number of allylic oxidation sites excluding steroid dienone is 5. The lowest BCUT2D eigenvalue weighted by atomic mass is 9.91. The molecule has 0 saturated heterocycles. The van der Waals surface area contributed by atoms with Crippen LogP contribution in [0.2, 0.25) is 0 Å². The van der Waals surface area contributed by atoms with Gasteiger partial charge in [0.05, 0.1) is 20.1 Å². The molecule has 0 bridgehead atoms. The quantitative estimate of drug-likeness (QED) is 0.194. The van der Waals surface area contributed by atoms with Gasteiger partial charge in [-0.3, -0.25) is 4.79 Å². The SMILES string of the molecule is C=C(Cl)/C=C\C(=C(/C)OC(C)(C)C)c1c(CC(=O)OC)c(C)nc2c1c(C)c(C)n2Cc1cncnc1. The number of rotatable bonds is 8.